The van der Waals surface area contributed by atoms with Gasteiger partial charge in [0.15, 0.2) is 11.5 Å². The van der Waals surface area contributed by atoms with E-state index >= 15 is 0 Å². The minimum Gasteiger partial charge on any atom is -0.490 e. The van der Waals surface area contributed by atoms with E-state index in [9.17, 15) is 9.59 Å². The first-order valence-corrected chi connectivity index (χ1v) is 14.5. The average Bonchev–Trinajstić information content (AvgIpc) is 3.16. The molecule has 0 radical (unpaired) electrons. The van der Waals surface area contributed by atoms with Crippen molar-refractivity contribution in [3.63, 3.8) is 0 Å². The Balaban J connectivity index is 1.36. The molecule has 0 spiro atoms. The van der Waals surface area contributed by atoms with E-state index in [0.29, 0.717) is 42.1 Å². The molecule has 1 saturated heterocycles. The predicted octanol–water partition coefficient (Wildman–Crippen LogP) is 8.20. The third kappa shape index (κ3) is 5.88. The first kappa shape index (κ1) is 25.9. The van der Waals surface area contributed by atoms with Gasteiger partial charge in [0.05, 0.1) is 16.0 Å². The Hall–Kier alpha value is -2.77. The van der Waals surface area contributed by atoms with Crippen molar-refractivity contribution in [2.75, 3.05) is 13.2 Å². The lowest BCUT2D eigenvalue weighted by Crippen LogP contribution is -2.34. The van der Waals surface area contributed by atoms with Crippen molar-refractivity contribution in [1.29, 1.82) is 0 Å². The predicted molar refractivity (Wildman–Crippen MR) is 153 cm³/mol. The Labute approximate surface area is 230 Å². The number of hydrogen-bond acceptors (Lipinski definition) is 5. The molecule has 2 fully saturated rings. The monoisotopic (exact) mass is 579 g/mol. The number of imide groups is 1. The maximum absolute atomic E-state index is 13.1. The van der Waals surface area contributed by atoms with Gasteiger partial charge in [-0.2, -0.15) is 0 Å². The molecule has 37 heavy (non-hydrogen) atoms. The van der Waals surface area contributed by atoms with E-state index in [4.69, 9.17) is 9.47 Å². The van der Waals surface area contributed by atoms with E-state index in [2.05, 4.69) is 40.2 Å². The molecule has 0 unspecified atom stereocenters. The van der Waals surface area contributed by atoms with Crippen LogP contribution >= 0.6 is 27.7 Å². The van der Waals surface area contributed by atoms with Gasteiger partial charge in [-0.25, -0.2) is 0 Å². The van der Waals surface area contributed by atoms with Gasteiger partial charge in [-0.1, -0.05) is 61.7 Å². The average molecular weight is 581 g/mol. The van der Waals surface area contributed by atoms with E-state index in [1.807, 2.05) is 37.3 Å². The van der Waals surface area contributed by atoms with Gasteiger partial charge in [0.1, 0.15) is 6.61 Å². The molecule has 0 aromatic heterocycles. The van der Waals surface area contributed by atoms with Crippen LogP contribution in [0.5, 0.6) is 11.5 Å². The van der Waals surface area contributed by atoms with Crippen LogP contribution in [0.3, 0.4) is 0 Å². The van der Waals surface area contributed by atoms with Gasteiger partial charge in [0.25, 0.3) is 11.1 Å². The fraction of sp³-hybridized carbons (Fsp3) is 0.333. The minimum absolute atomic E-state index is 0.180. The number of hydrogen-bond donors (Lipinski definition) is 0. The summed E-state index contributed by atoms with van der Waals surface area (Å²) in [6.45, 7) is 3.31. The van der Waals surface area contributed by atoms with Crippen LogP contribution in [-0.4, -0.2) is 29.2 Å². The molecule has 7 heteroatoms. The standard InChI is InChI=1S/C30H30BrNO4S/c1-2-35-26-16-21(17-27-29(33)32(30(34)37-27)18-20-9-4-3-5-10-20)15-25(31)28(26)36-19-23-13-8-12-22-11-6-7-14-24(22)23/h6-8,11-17,20H,2-5,9-10,18-19H2,1H3/b27-17+. The summed E-state index contributed by atoms with van der Waals surface area (Å²) in [7, 11) is 0. The third-order valence-corrected chi connectivity index (χ3v) is 8.42. The topological polar surface area (TPSA) is 55.8 Å². The Morgan fingerprint density at radius 2 is 1.81 bits per heavy atom. The molecule has 1 aliphatic carbocycles. The van der Waals surface area contributed by atoms with Crippen LogP contribution in [0.15, 0.2) is 64.0 Å². The molecule has 0 bridgehead atoms. The maximum atomic E-state index is 13.1. The quantitative estimate of drug-likeness (QED) is 0.252. The van der Waals surface area contributed by atoms with Crippen molar-refractivity contribution < 1.29 is 19.1 Å². The molecule has 2 aliphatic rings. The van der Waals surface area contributed by atoms with Crippen LogP contribution in [0.25, 0.3) is 16.8 Å². The number of amides is 2. The number of carbonyl (C=O) groups excluding carboxylic acids is 2. The van der Waals surface area contributed by atoms with Crippen molar-refractivity contribution in [1.82, 2.24) is 4.90 Å². The lowest BCUT2D eigenvalue weighted by atomic mass is 9.89. The summed E-state index contributed by atoms with van der Waals surface area (Å²) in [5, 5.41) is 2.14. The number of carbonyl (C=O) groups is 2. The number of nitrogens with zero attached hydrogens (tertiary/aromatic N) is 1. The first-order valence-electron chi connectivity index (χ1n) is 12.8. The van der Waals surface area contributed by atoms with Crippen LogP contribution in [0.2, 0.25) is 0 Å². The summed E-state index contributed by atoms with van der Waals surface area (Å²) >= 11 is 4.66. The number of fused-ring (bicyclic) bond motifs is 1. The summed E-state index contributed by atoms with van der Waals surface area (Å²) in [6, 6.07) is 18.2. The zero-order valence-corrected chi connectivity index (χ0v) is 23.3. The zero-order valence-electron chi connectivity index (χ0n) is 20.9. The molecule has 5 nitrogen and oxygen atoms in total. The highest BCUT2D eigenvalue weighted by Gasteiger charge is 2.36. The molecule has 0 atom stereocenters. The highest BCUT2D eigenvalue weighted by Crippen LogP contribution is 2.40. The lowest BCUT2D eigenvalue weighted by Gasteiger charge is -2.25. The SMILES string of the molecule is CCOc1cc(/C=C2/SC(=O)N(CC3CCCCC3)C2=O)cc(Br)c1OCc1cccc2ccccc12. The molecule has 3 aromatic rings. The second-order valence-corrected chi connectivity index (χ2v) is 11.3. The van der Waals surface area contributed by atoms with Crippen molar-refractivity contribution in [2.24, 2.45) is 5.92 Å². The van der Waals surface area contributed by atoms with E-state index in [1.165, 1.54) is 29.5 Å². The fourth-order valence-electron chi connectivity index (χ4n) is 5.08. The zero-order chi connectivity index (χ0) is 25.8. The van der Waals surface area contributed by atoms with Gasteiger partial charge in [-0.15, -0.1) is 0 Å². The first-order chi connectivity index (χ1) is 18.0. The molecule has 2 amide bonds. The molecule has 192 valence electrons. The molecule has 1 heterocycles. The smallest absolute Gasteiger partial charge is 0.293 e. The van der Waals surface area contributed by atoms with Gasteiger partial charge in [0.2, 0.25) is 0 Å². The Bertz CT molecular complexity index is 1340. The van der Waals surface area contributed by atoms with E-state index in [1.54, 1.807) is 6.08 Å². The van der Waals surface area contributed by atoms with Crippen LogP contribution in [-0.2, 0) is 11.4 Å². The molecular weight excluding hydrogens is 550 g/mol. The van der Waals surface area contributed by atoms with E-state index in [0.717, 1.165) is 45.6 Å². The van der Waals surface area contributed by atoms with Crippen LogP contribution in [0.1, 0.15) is 50.2 Å². The van der Waals surface area contributed by atoms with Crippen molar-refractivity contribution >= 4 is 55.7 Å². The summed E-state index contributed by atoms with van der Waals surface area (Å²) in [4.78, 5) is 27.6. The van der Waals surface area contributed by atoms with Gasteiger partial charge in [-0.05, 0) is 93.5 Å². The Morgan fingerprint density at radius 3 is 2.62 bits per heavy atom. The Kier molecular flexibility index (Phi) is 8.20. The minimum atomic E-state index is -0.203. The van der Waals surface area contributed by atoms with Crippen molar-refractivity contribution in [2.45, 2.75) is 45.6 Å². The molecule has 1 saturated carbocycles. The highest BCUT2D eigenvalue weighted by atomic mass is 79.9. The number of benzene rings is 3. The number of halogens is 1. The summed E-state index contributed by atoms with van der Waals surface area (Å²) < 4.78 is 12.9. The molecule has 5 rings (SSSR count). The normalized spacial score (nSPS) is 17.7. The van der Waals surface area contributed by atoms with Crippen molar-refractivity contribution in [3.05, 3.63) is 75.1 Å². The summed E-state index contributed by atoms with van der Waals surface area (Å²) in [5.74, 6) is 1.41. The van der Waals surface area contributed by atoms with Gasteiger partial charge >= 0.3 is 0 Å². The second kappa shape index (κ2) is 11.7. The van der Waals surface area contributed by atoms with Gasteiger partial charge < -0.3 is 9.47 Å². The summed E-state index contributed by atoms with van der Waals surface area (Å²) in [5.41, 5.74) is 1.86. The van der Waals surface area contributed by atoms with Gasteiger partial charge in [-0.3, -0.25) is 14.5 Å². The maximum Gasteiger partial charge on any atom is 0.293 e. The largest absolute Gasteiger partial charge is 0.490 e. The van der Waals surface area contributed by atoms with Crippen LogP contribution in [0, 0.1) is 5.92 Å². The lowest BCUT2D eigenvalue weighted by molar-refractivity contribution is -0.123. The summed E-state index contributed by atoms with van der Waals surface area (Å²) in [6.07, 6.45) is 7.56. The van der Waals surface area contributed by atoms with E-state index in [-0.39, 0.29) is 11.1 Å². The number of ether oxygens (including phenoxy) is 2. The highest BCUT2D eigenvalue weighted by molar-refractivity contribution is 9.10. The Morgan fingerprint density at radius 1 is 1.03 bits per heavy atom. The fourth-order valence-corrected chi connectivity index (χ4v) is 6.50. The molecule has 0 N–H and O–H groups in total. The van der Waals surface area contributed by atoms with E-state index < -0.39 is 0 Å². The molecular formula is C30H30BrNO4S. The van der Waals surface area contributed by atoms with Crippen molar-refractivity contribution in [3.8, 4) is 11.5 Å². The number of rotatable bonds is 8. The molecule has 1 aliphatic heterocycles. The molecule has 3 aromatic carbocycles. The number of thioether (sulfide) groups is 1. The van der Waals surface area contributed by atoms with Gasteiger partial charge in [0, 0.05) is 6.54 Å². The third-order valence-electron chi connectivity index (χ3n) is 6.92. The van der Waals surface area contributed by atoms with Crippen LogP contribution < -0.4 is 9.47 Å². The second-order valence-electron chi connectivity index (χ2n) is 9.49. The van der Waals surface area contributed by atoms with Crippen LogP contribution in [0.4, 0.5) is 4.79 Å².